The van der Waals surface area contributed by atoms with Gasteiger partial charge in [0.2, 0.25) is 0 Å². The van der Waals surface area contributed by atoms with E-state index in [0.717, 1.165) is 33.3 Å². The Hall–Kier alpha value is -7.43. The van der Waals surface area contributed by atoms with Gasteiger partial charge in [-0.2, -0.15) is 0 Å². The maximum Gasteiger partial charge on any atom is 0.164 e. The number of rotatable bonds is 6. The van der Waals surface area contributed by atoms with Crippen LogP contribution in [0.4, 0.5) is 0 Å². The molecule has 58 heavy (non-hydrogen) atoms. The standard InChI is InChI=1S/C54H38N4/c1-54(2)45-20-11-9-19-44(45)50-46(54)21-13-23-48(50)58-47-22-12-10-18-42(47)43-33-32-41(34-49(43)58)53-56-51(39-28-24-37(25-29-39)35-14-5-3-6-15-35)55-52(57-53)40-30-26-38(27-31-40)36-16-7-4-8-17-36/h3-34H,1-2H3. The Kier molecular flexibility index (Phi) is 7.80. The van der Waals surface area contributed by atoms with E-state index in [1.165, 1.54) is 55.4 Å². The van der Waals surface area contributed by atoms with Crippen molar-refractivity contribution >= 4 is 21.8 Å². The number of hydrogen-bond donors (Lipinski definition) is 0. The van der Waals surface area contributed by atoms with E-state index >= 15 is 0 Å². The first-order valence-electron chi connectivity index (χ1n) is 19.9. The van der Waals surface area contributed by atoms with Crippen LogP contribution < -0.4 is 0 Å². The summed E-state index contributed by atoms with van der Waals surface area (Å²) in [5.74, 6) is 1.89. The molecule has 274 valence electrons. The molecular formula is C54H38N4. The zero-order valence-electron chi connectivity index (χ0n) is 32.3. The van der Waals surface area contributed by atoms with Crippen molar-refractivity contribution in [3.63, 3.8) is 0 Å². The molecule has 10 aromatic rings. The van der Waals surface area contributed by atoms with Crippen LogP contribution in [0.5, 0.6) is 0 Å². The lowest BCUT2D eigenvalue weighted by Crippen LogP contribution is -2.14. The molecule has 0 amide bonds. The SMILES string of the molecule is CC1(C)c2ccccc2-c2c(-n3c4ccccc4c4ccc(-c5nc(-c6ccc(-c7ccccc7)cc6)nc(-c6ccc(-c7ccccc7)cc6)n5)cc43)cccc21. The van der Waals surface area contributed by atoms with Gasteiger partial charge in [-0.1, -0.05) is 190 Å². The van der Waals surface area contributed by atoms with Crippen molar-refractivity contribution in [3.8, 4) is 73.2 Å². The Labute approximate surface area is 337 Å². The maximum absolute atomic E-state index is 5.21. The third-order valence-corrected chi connectivity index (χ3v) is 11.9. The Bertz CT molecular complexity index is 3060. The number of benzene rings is 8. The smallest absolute Gasteiger partial charge is 0.164 e. The summed E-state index contributed by atoms with van der Waals surface area (Å²) < 4.78 is 2.44. The van der Waals surface area contributed by atoms with Gasteiger partial charge >= 0.3 is 0 Å². The van der Waals surface area contributed by atoms with Crippen molar-refractivity contribution in [1.29, 1.82) is 0 Å². The summed E-state index contributed by atoms with van der Waals surface area (Å²) in [6.45, 7) is 4.68. The van der Waals surface area contributed by atoms with Crippen LogP contribution in [0.25, 0.3) is 95.0 Å². The summed E-state index contributed by atoms with van der Waals surface area (Å²) in [5, 5.41) is 2.39. The van der Waals surface area contributed by atoms with E-state index in [1.807, 2.05) is 12.1 Å². The molecule has 1 aliphatic carbocycles. The lowest BCUT2D eigenvalue weighted by atomic mass is 9.82. The first-order valence-corrected chi connectivity index (χ1v) is 19.9. The molecule has 4 nitrogen and oxygen atoms in total. The van der Waals surface area contributed by atoms with Crippen molar-refractivity contribution in [2.24, 2.45) is 0 Å². The predicted octanol–water partition coefficient (Wildman–Crippen LogP) is 13.6. The fourth-order valence-electron chi connectivity index (χ4n) is 8.94. The van der Waals surface area contributed by atoms with Gasteiger partial charge < -0.3 is 4.57 Å². The molecule has 2 heterocycles. The average molecular weight is 743 g/mol. The van der Waals surface area contributed by atoms with E-state index in [9.17, 15) is 0 Å². The van der Waals surface area contributed by atoms with Gasteiger partial charge in [0.1, 0.15) is 0 Å². The largest absolute Gasteiger partial charge is 0.309 e. The molecule has 0 radical (unpaired) electrons. The van der Waals surface area contributed by atoms with Gasteiger partial charge in [0.05, 0.1) is 16.7 Å². The van der Waals surface area contributed by atoms with E-state index in [-0.39, 0.29) is 5.41 Å². The van der Waals surface area contributed by atoms with E-state index in [4.69, 9.17) is 15.0 Å². The molecular weight excluding hydrogens is 705 g/mol. The van der Waals surface area contributed by atoms with Crippen molar-refractivity contribution in [3.05, 3.63) is 205 Å². The lowest BCUT2D eigenvalue weighted by Gasteiger charge is -2.22. The van der Waals surface area contributed by atoms with Crippen LogP contribution in [0.3, 0.4) is 0 Å². The number of para-hydroxylation sites is 1. The summed E-state index contributed by atoms with van der Waals surface area (Å²) >= 11 is 0. The molecule has 0 spiro atoms. The number of aromatic nitrogens is 4. The summed E-state index contributed by atoms with van der Waals surface area (Å²) in [6, 6.07) is 68.9. The zero-order chi connectivity index (χ0) is 38.8. The van der Waals surface area contributed by atoms with E-state index in [2.05, 4.69) is 200 Å². The van der Waals surface area contributed by atoms with Gasteiger partial charge in [0.15, 0.2) is 17.5 Å². The summed E-state index contributed by atoms with van der Waals surface area (Å²) in [4.78, 5) is 15.5. The molecule has 1 aliphatic rings. The highest BCUT2D eigenvalue weighted by atomic mass is 15.0. The highest BCUT2D eigenvalue weighted by Gasteiger charge is 2.37. The third-order valence-electron chi connectivity index (χ3n) is 11.9. The Morgan fingerprint density at radius 2 is 0.828 bits per heavy atom. The molecule has 0 N–H and O–H groups in total. The number of fused-ring (bicyclic) bond motifs is 6. The van der Waals surface area contributed by atoms with Crippen LogP contribution in [-0.4, -0.2) is 19.5 Å². The normalized spacial score (nSPS) is 12.8. The van der Waals surface area contributed by atoms with E-state index < -0.39 is 0 Å². The molecule has 0 bridgehead atoms. The van der Waals surface area contributed by atoms with Gasteiger partial charge in [-0.05, 0) is 57.1 Å². The van der Waals surface area contributed by atoms with Gasteiger partial charge in [-0.15, -0.1) is 0 Å². The van der Waals surface area contributed by atoms with Gasteiger partial charge in [-0.3, -0.25) is 0 Å². The van der Waals surface area contributed by atoms with E-state index in [1.54, 1.807) is 0 Å². The molecule has 0 fully saturated rings. The fraction of sp³-hybridized carbons (Fsp3) is 0.0556. The second kappa shape index (κ2) is 13.4. The monoisotopic (exact) mass is 742 g/mol. The van der Waals surface area contributed by atoms with Gasteiger partial charge in [0, 0.05) is 38.4 Å². The minimum absolute atomic E-state index is 0.109. The van der Waals surface area contributed by atoms with Gasteiger partial charge in [0.25, 0.3) is 0 Å². The zero-order valence-corrected chi connectivity index (χ0v) is 32.3. The fourth-order valence-corrected chi connectivity index (χ4v) is 8.94. The van der Waals surface area contributed by atoms with Gasteiger partial charge in [-0.25, -0.2) is 15.0 Å². The summed E-state index contributed by atoms with van der Waals surface area (Å²) in [7, 11) is 0. The quantitative estimate of drug-likeness (QED) is 0.170. The van der Waals surface area contributed by atoms with Crippen LogP contribution in [-0.2, 0) is 5.41 Å². The maximum atomic E-state index is 5.21. The molecule has 4 heteroatoms. The molecule has 0 saturated heterocycles. The second-order valence-corrected chi connectivity index (χ2v) is 15.6. The Balaban J connectivity index is 1.10. The Morgan fingerprint density at radius 1 is 0.362 bits per heavy atom. The van der Waals surface area contributed by atoms with Crippen molar-refractivity contribution in [1.82, 2.24) is 19.5 Å². The van der Waals surface area contributed by atoms with Crippen LogP contribution in [0, 0.1) is 0 Å². The molecule has 0 saturated carbocycles. The predicted molar refractivity (Wildman–Crippen MR) is 239 cm³/mol. The highest BCUT2D eigenvalue weighted by Crippen LogP contribution is 2.51. The molecule has 0 atom stereocenters. The van der Waals surface area contributed by atoms with Crippen LogP contribution in [0.1, 0.15) is 25.0 Å². The van der Waals surface area contributed by atoms with E-state index in [0.29, 0.717) is 17.5 Å². The van der Waals surface area contributed by atoms with Crippen molar-refractivity contribution < 1.29 is 0 Å². The molecule has 2 aromatic heterocycles. The first-order chi connectivity index (χ1) is 28.5. The first kappa shape index (κ1) is 33.9. The topological polar surface area (TPSA) is 43.6 Å². The molecule has 8 aromatic carbocycles. The molecule has 0 unspecified atom stereocenters. The van der Waals surface area contributed by atoms with Crippen molar-refractivity contribution in [2.45, 2.75) is 19.3 Å². The minimum atomic E-state index is -0.109. The average Bonchev–Trinajstić information content (AvgIpc) is 3.75. The van der Waals surface area contributed by atoms with Crippen LogP contribution >= 0.6 is 0 Å². The van der Waals surface area contributed by atoms with Crippen LogP contribution in [0.15, 0.2) is 194 Å². The molecule has 11 rings (SSSR count). The lowest BCUT2D eigenvalue weighted by molar-refractivity contribution is 0.660. The number of hydrogen-bond acceptors (Lipinski definition) is 3. The Morgan fingerprint density at radius 3 is 1.47 bits per heavy atom. The highest BCUT2D eigenvalue weighted by molar-refractivity contribution is 6.11. The van der Waals surface area contributed by atoms with Crippen LogP contribution in [0.2, 0.25) is 0 Å². The number of nitrogens with zero attached hydrogens (tertiary/aromatic N) is 4. The molecule has 0 aliphatic heterocycles. The van der Waals surface area contributed by atoms with Crippen molar-refractivity contribution in [2.75, 3.05) is 0 Å². The third kappa shape index (κ3) is 5.48. The summed E-state index contributed by atoms with van der Waals surface area (Å²) in [5.41, 5.74) is 16.1. The summed E-state index contributed by atoms with van der Waals surface area (Å²) in [6.07, 6.45) is 0. The minimum Gasteiger partial charge on any atom is -0.309 e. The second-order valence-electron chi connectivity index (χ2n) is 15.6.